The Balaban J connectivity index is 0.000000140. The molecule has 8 atom stereocenters. The van der Waals surface area contributed by atoms with Crippen molar-refractivity contribution in [3.63, 3.8) is 0 Å². The van der Waals surface area contributed by atoms with Gasteiger partial charge in [0.15, 0.2) is 6.17 Å². The lowest BCUT2D eigenvalue weighted by Gasteiger charge is -2.14. The maximum Gasteiger partial charge on any atom is 0.150 e. The van der Waals surface area contributed by atoms with Gasteiger partial charge in [0.05, 0.1) is 159 Å². The van der Waals surface area contributed by atoms with Gasteiger partial charge < -0.3 is 83.1 Å². The number of aryl methyl sites for hydroxylation is 2. The summed E-state index contributed by atoms with van der Waals surface area (Å²) in [7, 11) is 0. The third-order valence-corrected chi connectivity index (χ3v) is 29.3. The number of anilines is 5. The molecule has 15 heterocycles. The molecule has 15 aromatic heterocycles. The number of rotatable bonds is 25. The van der Waals surface area contributed by atoms with Crippen LogP contribution in [0.25, 0.3) is 51.1 Å². The van der Waals surface area contributed by atoms with E-state index in [2.05, 4.69) is 126 Å². The summed E-state index contributed by atoms with van der Waals surface area (Å²) in [5.74, 6) is 3.65. The van der Waals surface area contributed by atoms with Crippen LogP contribution in [-0.4, -0.2) is 65.8 Å². The molecule has 36 heteroatoms. The molecule has 0 fully saturated rings. The first-order valence-corrected chi connectivity index (χ1v) is 44.4. The SMILES string of the molecule is C[C@H](N)C(F)c1sc2c(NCc3ccco3)cc(Cl)nc2c1Br.C[C@H](N)C(O)c1sc2c(NCc3ccco3)cc(Cl)nc2c1Br.C[C@H](N)C(O)c1sc2c(NCc3cccs3)cc(Cl)nc2c1Br.Cc1c(C(C)[C@H](C)N)sc2c(NCc3ccco3)cc(Cl)nc12.Cc1c(CCN)sc2c(NCc3ccco3)cc(Cl)nc12. The number of thiophene rings is 6. The van der Waals surface area contributed by atoms with Gasteiger partial charge in [-0.2, -0.15) is 0 Å². The third-order valence-electron chi connectivity index (χ3n) is 17.5. The van der Waals surface area contributed by atoms with E-state index in [0.717, 1.165) is 117 Å². The molecule has 17 N–H and O–H groups in total. The van der Waals surface area contributed by atoms with Crippen LogP contribution in [0.5, 0.6) is 0 Å². The Morgan fingerprint density at radius 2 is 0.761 bits per heavy atom. The first-order chi connectivity index (χ1) is 54.1. The highest BCUT2D eigenvalue weighted by atomic mass is 79.9. The van der Waals surface area contributed by atoms with Crippen molar-refractivity contribution in [1.82, 2.24) is 24.9 Å². The van der Waals surface area contributed by atoms with Gasteiger partial charge in [0.2, 0.25) is 0 Å². The number of hydrogen-bond donors (Lipinski definition) is 12. The van der Waals surface area contributed by atoms with Crippen LogP contribution >= 0.6 is 174 Å². The minimum Gasteiger partial charge on any atom is -0.467 e. The summed E-state index contributed by atoms with van der Waals surface area (Å²) in [5.41, 5.74) is 39.9. The Morgan fingerprint density at radius 3 is 1.09 bits per heavy atom. The van der Waals surface area contributed by atoms with E-state index in [9.17, 15) is 14.6 Å². The number of fused-ring (bicyclic) bond motifs is 5. The Labute approximate surface area is 725 Å². The topological polar surface area (TPSA) is 348 Å². The summed E-state index contributed by atoms with van der Waals surface area (Å²) in [4.78, 5) is 27.8. The van der Waals surface area contributed by atoms with Crippen LogP contribution in [0.3, 0.4) is 0 Å². The van der Waals surface area contributed by atoms with Crippen molar-refractivity contribution in [2.45, 2.75) is 136 Å². The summed E-state index contributed by atoms with van der Waals surface area (Å²) in [6, 6.07) is 26.9. The fourth-order valence-electron chi connectivity index (χ4n) is 11.4. The molecule has 0 saturated heterocycles. The van der Waals surface area contributed by atoms with Gasteiger partial charge in [0.25, 0.3) is 0 Å². The second-order valence-corrected chi connectivity index (χ2v) is 36.8. The van der Waals surface area contributed by atoms with E-state index in [1.807, 2.05) is 85.1 Å². The number of alkyl halides is 1. The zero-order valence-corrected chi connectivity index (χ0v) is 75.1. The van der Waals surface area contributed by atoms with Crippen LogP contribution in [0.15, 0.2) is 153 Å². The molecule has 0 amide bonds. The largest absolute Gasteiger partial charge is 0.467 e. The van der Waals surface area contributed by atoms with Gasteiger partial charge >= 0.3 is 0 Å². The zero-order valence-electron chi connectivity index (χ0n) is 61.6. The highest BCUT2D eigenvalue weighted by Gasteiger charge is 2.28. The number of nitrogens with zero attached hydrogens (tertiary/aromatic N) is 5. The van der Waals surface area contributed by atoms with Crippen molar-refractivity contribution < 1.29 is 32.3 Å². The summed E-state index contributed by atoms with van der Waals surface area (Å²) < 4.78 is 42.7. The predicted molar refractivity (Wildman–Crippen MR) is 481 cm³/mol. The molecule has 0 aliphatic heterocycles. The Bertz CT molecular complexity index is 5060. The first kappa shape index (κ1) is 87.7. The number of hydrogen-bond acceptors (Lipinski definition) is 27. The quantitative estimate of drug-likeness (QED) is 0.0237. The maximum absolute atomic E-state index is 14.4. The van der Waals surface area contributed by atoms with Crippen LogP contribution in [-0.2, 0) is 39.1 Å². The van der Waals surface area contributed by atoms with E-state index in [4.69, 9.17) is 104 Å². The minimum atomic E-state index is -1.26. The predicted octanol–water partition coefficient (Wildman–Crippen LogP) is 23.2. The number of aliphatic hydroxyl groups is 2. The third kappa shape index (κ3) is 21.8. The molecule has 0 bridgehead atoms. The number of nitrogens with two attached hydrogens (primary N) is 5. The van der Waals surface area contributed by atoms with E-state index < -0.39 is 24.4 Å². The molecular formula is C77H80Br3Cl5FN15O6S6. The fraction of sp³-hybridized carbons (Fsp3) is 0.286. The Hall–Kier alpha value is -6.09. The Kier molecular flexibility index (Phi) is 31.4. The van der Waals surface area contributed by atoms with Crippen molar-refractivity contribution >= 4 is 253 Å². The minimum absolute atomic E-state index is 0.0942. The summed E-state index contributed by atoms with van der Waals surface area (Å²) in [5, 5.41) is 41.4. The lowest BCUT2D eigenvalue weighted by molar-refractivity contribution is 0.156. The summed E-state index contributed by atoms with van der Waals surface area (Å²) >= 11 is 50.6. The zero-order chi connectivity index (χ0) is 81.1. The number of halogens is 9. The van der Waals surface area contributed by atoms with Gasteiger partial charge in [-0.1, -0.05) is 71.0 Å². The van der Waals surface area contributed by atoms with E-state index in [1.54, 1.807) is 92.0 Å². The average Bonchev–Trinajstić information content (AvgIpc) is 1.65. The van der Waals surface area contributed by atoms with Gasteiger partial charge in [0.1, 0.15) is 61.0 Å². The summed E-state index contributed by atoms with van der Waals surface area (Å²) in [6.07, 6.45) is 4.67. The number of nitrogens with one attached hydrogen (secondary N) is 5. The molecule has 4 unspecified atom stereocenters. The van der Waals surface area contributed by atoms with Crippen molar-refractivity contribution in [2.24, 2.45) is 28.7 Å². The molecule has 0 aliphatic carbocycles. The lowest BCUT2D eigenvalue weighted by Crippen LogP contribution is -2.23. The number of aliphatic hydroxyl groups excluding tert-OH is 2. The van der Waals surface area contributed by atoms with Crippen molar-refractivity contribution in [3.8, 4) is 0 Å². The van der Waals surface area contributed by atoms with Crippen molar-refractivity contribution in [1.29, 1.82) is 0 Å². The van der Waals surface area contributed by atoms with Crippen LogP contribution in [0, 0.1) is 13.8 Å². The molecule has 15 aromatic rings. The Morgan fingerprint density at radius 1 is 0.434 bits per heavy atom. The van der Waals surface area contributed by atoms with Crippen LogP contribution in [0.1, 0.15) is 122 Å². The van der Waals surface area contributed by atoms with Gasteiger partial charge in [-0.05, 0) is 173 Å². The van der Waals surface area contributed by atoms with Gasteiger partial charge in [-0.3, -0.25) is 0 Å². The lowest BCUT2D eigenvalue weighted by atomic mass is 9.99. The number of pyridine rings is 5. The van der Waals surface area contributed by atoms with Crippen molar-refractivity contribution in [3.05, 3.63) is 224 Å². The first-order valence-electron chi connectivity index (χ1n) is 35.1. The highest BCUT2D eigenvalue weighted by molar-refractivity contribution is 9.11. The molecule has 15 rings (SSSR count). The second kappa shape index (κ2) is 40.4. The summed E-state index contributed by atoms with van der Waals surface area (Å²) in [6.45, 7) is 17.1. The smallest absolute Gasteiger partial charge is 0.150 e. The molecule has 0 aliphatic rings. The second-order valence-electron chi connectivity index (χ2n) is 26.2. The standard InChI is InChI=1S/C17H20ClN3OS.C15H14BrClFN3OS.C15H15BrClN3O2S.C15H15BrClN3OS2.C15H16ClN3OS/c1-9(11(3)19)16-10(2)15-17(23-16)13(7-14(18)21-15)20-8-12-5-4-6-22-12;1-7(19)12(18)15-11(16)13-14(23-15)9(5-10(17)21-13)20-6-8-3-2-4-22-8;2*1-7(18)13(21)15-11(16)12-14(23-15)9(5-10(17)20-12)19-6-8-3-2-4-22-8;1-9-12(4-5-17)21-15-11(7-13(16)19-14(9)15)18-8-10-3-2-6-20-10/h4-7,9,11H,8,19H2,1-3H3,(H,20,21);2-5,7,12H,6,19H2,1H3,(H,20,21);2*2-5,7,13,21H,6,18H2,1H3,(H,19,20);2-3,6-7H,4-5,8,17H2,1H3,(H,18,19)/t9?,11-;7-,12?;2*7-,13?;/m0000./s1. The average molecular weight is 1940 g/mol. The van der Waals surface area contributed by atoms with Gasteiger partial charge in [-0.15, -0.1) is 68.0 Å². The fourth-order valence-corrected chi connectivity index (χ4v) is 22.0. The van der Waals surface area contributed by atoms with Crippen LogP contribution in [0.4, 0.5) is 32.8 Å². The molecule has 113 heavy (non-hydrogen) atoms. The highest BCUT2D eigenvalue weighted by Crippen LogP contribution is 2.48. The van der Waals surface area contributed by atoms with E-state index >= 15 is 0 Å². The maximum atomic E-state index is 14.4. The van der Waals surface area contributed by atoms with E-state index in [0.29, 0.717) is 85.4 Å². The molecule has 598 valence electrons. The molecular weight excluding hydrogens is 1860 g/mol. The van der Waals surface area contributed by atoms with Crippen LogP contribution in [0.2, 0.25) is 25.8 Å². The number of furan rings is 4. The monoisotopic (exact) mass is 1930 g/mol. The number of aromatic nitrogens is 5. The molecule has 0 saturated carbocycles. The molecule has 0 spiro atoms. The van der Waals surface area contributed by atoms with Gasteiger partial charge in [-0.25, -0.2) is 29.3 Å². The van der Waals surface area contributed by atoms with Gasteiger partial charge in [0, 0.05) is 81.6 Å². The molecule has 21 nitrogen and oxygen atoms in total. The van der Waals surface area contributed by atoms with Crippen molar-refractivity contribution in [2.75, 3.05) is 33.1 Å². The normalized spacial score (nSPS) is 13.6. The van der Waals surface area contributed by atoms with E-state index in [1.165, 1.54) is 59.8 Å². The molecule has 0 radical (unpaired) electrons. The molecule has 0 aromatic carbocycles. The van der Waals surface area contributed by atoms with Crippen LogP contribution < -0.4 is 55.3 Å². The van der Waals surface area contributed by atoms with E-state index in [-0.39, 0.29) is 24.0 Å².